The van der Waals surface area contributed by atoms with Gasteiger partial charge in [-0.2, -0.15) is 0 Å². The van der Waals surface area contributed by atoms with Crippen LogP contribution in [-0.2, 0) is 6.54 Å². The fourth-order valence-corrected chi connectivity index (χ4v) is 2.46. The van der Waals surface area contributed by atoms with Crippen molar-refractivity contribution in [2.45, 2.75) is 19.1 Å². The van der Waals surface area contributed by atoms with Gasteiger partial charge in [0, 0.05) is 51.7 Å². The second-order valence-electron chi connectivity index (χ2n) is 5.16. The maximum absolute atomic E-state index is 9.76. The van der Waals surface area contributed by atoms with Crippen molar-refractivity contribution in [1.82, 2.24) is 14.8 Å². The van der Waals surface area contributed by atoms with Gasteiger partial charge in [0.1, 0.15) is 0 Å². The largest absolute Gasteiger partial charge is 0.392 e. The zero-order valence-electron chi connectivity index (χ0n) is 11.4. The highest BCUT2D eigenvalue weighted by atomic mass is 16.3. The monoisotopic (exact) mass is 264 g/mol. The Kier molecular flexibility index (Phi) is 5.72. The standard InChI is InChI=1S/C14H24N4O/c15-4-1-14(19)12-18-9-7-17(8-10-18)11-13-2-5-16-6-3-13/h2-3,5-6,14,19H,1,4,7-12,15H2. The highest BCUT2D eigenvalue weighted by molar-refractivity contribution is 5.09. The molecule has 5 nitrogen and oxygen atoms in total. The fourth-order valence-electron chi connectivity index (χ4n) is 2.46. The van der Waals surface area contributed by atoms with Crippen molar-refractivity contribution < 1.29 is 5.11 Å². The first-order valence-corrected chi connectivity index (χ1v) is 6.99. The summed E-state index contributed by atoms with van der Waals surface area (Å²) < 4.78 is 0. The number of aliphatic hydroxyl groups excluding tert-OH is 1. The second kappa shape index (κ2) is 7.55. The van der Waals surface area contributed by atoms with Crippen LogP contribution in [0, 0.1) is 0 Å². The minimum absolute atomic E-state index is 0.281. The summed E-state index contributed by atoms with van der Waals surface area (Å²) in [5.41, 5.74) is 6.76. The SMILES string of the molecule is NCCC(O)CN1CCN(Cc2ccncc2)CC1. The van der Waals surface area contributed by atoms with E-state index in [0.29, 0.717) is 13.0 Å². The normalized spacial score (nSPS) is 19.5. The second-order valence-corrected chi connectivity index (χ2v) is 5.16. The molecule has 1 aliphatic rings. The quantitative estimate of drug-likeness (QED) is 0.752. The van der Waals surface area contributed by atoms with Crippen LogP contribution in [0.15, 0.2) is 24.5 Å². The van der Waals surface area contributed by atoms with E-state index in [1.807, 2.05) is 12.4 Å². The van der Waals surface area contributed by atoms with Crippen LogP contribution in [0.25, 0.3) is 0 Å². The number of β-amino-alcohol motifs (C(OH)–C–C–N with tert-alkyl or cyclic N) is 1. The molecule has 1 saturated heterocycles. The number of piperazine rings is 1. The maximum atomic E-state index is 9.76. The molecular formula is C14H24N4O. The number of hydrogen-bond donors (Lipinski definition) is 2. The van der Waals surface area contributed by atoms with E-state index in [4.69, 9.17) is 5.73 Å². The molecule has 2 heterocycles. The van der Waals surface area contributed by atoms with Crippen LogP contribution in [0.3, 0.4) is 0 Å². The average molecular weight is 264 g/mol. The summed E-state index contributed by atoms with van der Waals surface area (Å²) in [6, 6.07) is 4.13. The molecule has 106 valence electrons. The Morgan fingerprint density at radius 3 is 2.42 bits per heavy atom. The van der Waals surface area contributed by atoms with E-state index in [1.54, 1.807) is 0 Å². The van der Waals surface area contributed by atoms with Crippen molar-refractivity contribution in [2.24, 2.45) is 5.73 Å². The molecule has 0 aliphatic carbocycles. The molecule has 3 N–H and O–H groups in total. The first kappa shape index (κ1) is 14.4. The molecule has 1 unspecified atom stereocenters. The highest BCUT2D eigenvalue weighted by Crippen LogP contribution is 2.08. The van der Waals surface area contributed by atoms with Gasteiger partial charge in [0.25, 0.3) is 0 Å². The van der Waals surface area contributed by atoms with Crippen molar-refractivity contribution in [3.05, 3.63) is 30.1 Å². The molecule has 0 bridgehead atoms. The van der Waals surface area contributed by atoms with Gasteiger partial charge in [-0.15, -0.1) is 0 Å². The first-order valence-electron chi connectivity index (χ1n) is 6.99. The molecule has 5 heteroatoms. The van der Waals surface area contributed by atoms with Gasteiger partial charge in [-0.25, -0.2) is 0 Å². The van der Waals surface area contributed by atoms with Gasteiger partial charge < -0.3 is 10.8 Å². The smallest absolute Gasteiger partial charge is 0.0679 e. The number of pyridine rings is 1. The van der Waals surface area contributed by atoms with Crippen molar-refractivity contribution in [1.29, 1.82) is 0 Å². The molecule has 0 aromatic carbocycles. The highest BCUT2D eigenvalue weighted by Gasteiger charge is 2.18. The lowest BCUT2D eigenvalue weighted by Crippen LogP contribution is -2.48. The van der Waals surface area contributed by atoms with E-state index in [1.165, 1.54) is 5.56 Å². The average Bonchev–Trinajstić information content (AvgIpc) is 2.42. The third-order valence-electron chi connectivity index (χ3n) is 3.59. The number of nitrogens with two attached hydrogens (primary N) is 1. The van der Waals surface area contributed by atoms with Gasteiger partial charge in [-0.3, -0.25) is 14.8 Å². The van der Waals surface area contributed by atoms with Gasteiger partial charge in [0.05, 0.1) is 6.10 Å². The fraction of sp³-hybridized carbons (Fsp3) is 0.643. The Morgan fingerprint density at radius 2 is 1.79 bits per heavy atom. The Hall–Kier alpha value is -1.01. The van der Waals surface area contributed by atoms with Gasteiger partial charge in [-0.1, -0.05) is 0 Å². The van der Waals surface area contributed by atoms with Crippen LogP contribution in [0.5, 0.6) is 0 Å². The van der Waals surface area contributed by atoms with Crippen molar-refractivity contribution in [2.75, 3.05) is 39.3 Å². The summed E-state index contributed by atoms with van der Waals surface area (Å²) in [6.07, 6.45) is 4.09. The Morgan fingerprint density at radius 1 is 1.16 bits per heavy atom. The van der Waals surface area contributed by atoms with E-state index < -0.39 is 0 Å². The molecule has 0 spiro atoms. The molecule has 19 heavy (non-hydrogen) atoms. The molecule has 1 fully saturated rings. The lowest BCUT2D eigenvalue weighted by atomic mass is 10.2. The first-order chi connectivity index (χ1) is 9.28. The Bertz CT molecular complexity index is 352. The van der Waals surface area contributed by atoms with Crippen molar-refractivity contribution in [3.8, 4) is 0 Å². The summed E-state index contributed by atoms with van der Waals surface area (Å²) in [6.45, 7) is 6.44. The molecular weight excluding hydrogens is 240 g/mol. The molecule has 0 radical (unpaired) electrons. The van der Waals surface area contributed by atoms with E-state index in [2.05, 4.69) is 26.9 Å². The van der Waals surface area contributed by atoms with E-state index in [9.17, 15) is 5.11 Å². The minimum Gasteiger partial charge on any atom is -0.392 e. The Labute approximate surface area is 115 Å². The van der Waals surface area contributed by atoms with Crippen LogP contribution < -0.4 is 5.73 Å². The maximum Gasteiger partial charge on any atom is 0.0679 e. The molecule has 1 aromatic heterocycles. The predicted octanol–water partition coefficient (Wildman–Crippen LogP) is -0.0911. The van der Waals surface area contributed by atoms with E-state index in [-0.39, 0.29) is 6.10 Å². The molecule has 1 aliphatic heterocycles. The summed E-state index contributed by atoms with van der Waals surface area (Å²) >= 11 is 0. The number of aromatic nitrogens is 1. The summed E-state index contributed by atoms with van der Waals surface area (Å²) in [5, 5.41) is 9.76. The van der Waals surface area contributed by atoms with Gasteiger partial charge in [-0.05, 0) is 30.7 Å². The number of aliphatic hydroxyl groups is 1. The lowest BCUT2D eigenvalue weighted by Gasteiger charge is -2.35. The predicted molar refractivity (Wildman–Crippen MR) is 75.6 cm³/mol. The van der Waals surface area contributed by atoms with Gasteiger partial charge in [0.2, 0.25) is 0 Å². The van der Waals surface area contributed by atoms with Crippen LogP contribution in [0.2, 0.25) is 0 Å². The minimum atomic E-state index is -0.281. The topological polar surface area (TPSA) is 65.6 Å². The van der Waals surface area contributed by atoms with Crippen molar-refractivity contribution >= 4 is 0 Å². The molecule has 1 aromatic rings. The molecule has 0 saturated carbocycles. The summed E-state index contributed by atoms with van der Waals surface area (Å²) in [5.74, 6) is 0. The zero-order chi connectivity index (χ0) is 13.5. The molecule has 0 amide bonds. The molecule has 2 rings (SSSR count). The number of rotatable bonds is 6. The van der Waals surface area contributed by atoms with Crippen LogP contribution in [0.1, 0.15) is 12.0 Å². The van der Waals surface area contributed by atoms with Crippen molar-refractivity contribution in [3.63, 3.8) is 0 Å². The van der Waals surface area contributed by atoms with Gasteiger partial charge in [0.15, 0.2) is 0 Å². The van der Waals surface area contributed by atoms with E-state index in [0.717, 1.165) is 39.3 Å². The third-order valence-corrected chi connectivity index (χ3v) is 3.59. The van der Waals surface area contributed by atoms with Gasteiger partial charge >= 0.3 is 0 Å². The van der Waals surface area contributed by atoms with Crippen LogP contribution in [0.4, 0.5) is 0 Å². The summed E-state index contributed by atoms with van der Waals surface area (Å²) in [4.78, 5) is 8.80. The van der Waals surface area contributed by atoms with Crippen LogP contribution in [-0.4, -0.2) is 65.3 Å². The van der Waals surface area contributed by atoms with E-state index >= 15 is 0 Å². The number of hydrogen-bond acceptors (Lipinski definition) is 5. The van der Waals surface area contributed by atoms with Crippen LogP contribution >= 0.6 is 0 Å². The lowest BCUT2D eigenvalue weighted by molar-refractivity contribution is 0.0675. The number of nitrogens with zero attached hydrogens (tertiary/aromatic N) is 3. The third kappa shape index (κ3) is 4.87. The molecule has 1 atom stereocenters. The summed E-state index contributed by atoms with van der Waals surface area (Å²) in [7, 11) is 0. The zero-order valence-corrected chi connectivity index (χ0v) is 11.4. The Balaban J connectivity index is 1.70.